The zero-order chi connectivity index (χ0) is 16.1. The molecule has 0 fully saturated rings. The van der Waals surface area contributed by atoms with Gasteiger partial charge in [0, 0.05) is 12.5 Å². The average molecular weight is 302 g/mol. The van der Waals surface area contributed by atoms with Gasteiger partial charge >= 0.3 is 5.97 Å². The van der Waals surface area contributed by atoms with Crippen molar-refractivity contribution in [3.63, 3.8) is 0 Å². The van der Waals surface area contributed by atoms with E-state index in [0.29, 0.717) is 5.92 Å². The summed E-state index contributed by atoms with van der Waals surface area (Å²) in [6.07, 6.45) is 4.49. The van der Waals surface area contributed by atoms with Crippen molar-refractivity contribution in [2.75, 3.05) is 0 Å². The SMILES string of the molecule is CCCCn1c(C(CC)CC)nc2cc(CC(=O)O)ccc21. The molecule has 0 unspecified atom stereocenters. The van der Waals surface area contributed by atoms with Gasteiger partial charge in [0.1, 0.15) is 5.82 Å². The molecule has 0 radical (unpaired) electrons. The van der Waals surface area contributed by atoms with Gasteiger partial charge in [-0.2, -0.15) is 0 Å². The second-order valence-electron chi connectivity index (χ2n) is 5.88. The minimum absolute atomic E-state index is 0.0536. The number of unbranched alkanes of at least 4 members (excludes halogenated alkanes) is 1. The zero-order valence-corrected chi connectivity index (χ0v) is 13.8. The lowest BCUT2D eigenvalue weighted by molar-refractivity contribution is -0.136. The number of carboxylic acid groups (broad SMARTS) is 1. The Kier molecular flexibility index (Phi) is 5.58. The van der Waals surface area contributed by atoms with Gasteiger partial charge < -0.3 is 9.67 Å². The van der Waals surface area contributed by atoms with Crippen molar-refractivity contribution in [3.05, 3.63) is 29.6 Å². The molecule has 2 rings (SSSR count). The molecule has 0 bridgehead atoms. The molecule has 22 heavy (non-hydrogen) atoms. The molecule has 0 spiro atoms. The maximum absolute atomic E-state index is 10.9. The van der Waals surface area contributed by atoms with E-state index in [1.54, 1.807) is 0 Å². The van der Waals surface area contributed by atoms with Crippen molar-refractivity contribution in [1.29, 1.82) is 0 Å². The van der Waals surface area contributed by atoms with Gasteiger partial charge in [0.25, 0.3) is 0 Å². The first-order valence-corrected chi connectivity index (χ1v) is 8.31. The summed E-state index contributed by atoms with van der Waals surface area (Å²) in [5.41, 5.74) is 2.87. The van der Waals surface area contributed by atoms with E-state index in [4.69, 9.17) is 10.1 Å². The van der Waals surface area contributed by atoms with Gasteiger partial charge in [-0.1, -0.05) is 33.3 Å². The molecule has 4 nitrogen and oxygen atoms in total. The third-order valence-corrected chi connectivity index (χ3v) is 4.28. The second kappa shape index (κ2) is 7.43. The van der Waals surface area contributed by atoms with Crippen LogP contribution in [0.4, 0.5) is 0 Å². The van der Waals surface area contributed by atoms with Crippen LogP contribution in [0.5, 0.6) is 0 Å². The Morgan fingerprint density at radius 2 is 2.00 bits per heavy atom. The highest BCUT2D eigenvalue weighted by molar-refractivity contribution is 5.79. The Morgan fingerprint density at radius 1 is 1.27 bits per heavy atom. The van der Waals surface area contributed by atoms with Crippen LogP contribution in [0, 0.1) is 0 Å². The van der Waals surface area contributed by atoms with Crippen LogP contribution in [0.15, 0.2) is 18.2 Å². The lowest BCUT2D eigenvalue weighted by atomic mass is 10.0. The molecule has 120 valence electrons. The summed E-state index contributed by atoms with van der Waals surface area (Å²) in [7, 11) is 0. The summed E-state index contributed by atoms with van der Waals surface area (Å²) in [6.45, 7) is 7.58. The summed E-state index contributed by atoms with van der Waals surface area (Å²) in [6, 6.07) is 5.87. The Bertz CT molecular complexity index is 642. The first-order chi connectivity index (χ1) is 10.6. The van der Waals surface area contributed by atoms with Crippen LogP contribution in [0.1, 0.15) is 63.8 Å². The Morgan fingerprint density at radius 3 is 2.59 bits per heavy atom. The molecule has 0 atom stereocenters. The Labute approximate surface area is 132 Å². The zero-order valence-electron chi connectivity index (χ0n) is 13.8. The Balaban J connectivity index is 2.49. The van der Waals surface area contributed by atoms with Gasteiger partial charge in [0.2, 0.25) is 0 Å². The predicted octanol–water partition coefficient (Wildman–Crippen LogP) is 4.37. The monoisotopic (exact) mass is 302 g/mol. The smallest absolute Gasteiger partial charge is 0.307 e. The van der Waals surface area contributed by atoms with Crippen molar-refractivity contribution in [1.82, 2.24) is 9.55 Å². The minimum Gasteiger partial charge on any atom is -0.481 e. The largest absolute Gasteiger partial charge is 0.481 e. The summed E-state index contributed by atoms with van der Waals surface area (Å²) in [5.74, 6) is 0.818. The maximum Gasteiger partial charge on any atom is 0.307 e. The summed E-state index contributed by atoms with van der Waals surface area (Å²) in [5, 5.41) is 8.95. The summed E-state index contributed by atoms with van der Waals surface area (Å²) < 4.78 is 2.33. The number of fused-ring (bicyclic) bond motifs is 1. The standard InChI is InChI=1S/C18H26N2O2/c1-4-7-10-20-16-9-8-13(12-17(21)22)11-15(16)19-18(20)14(5-2)6-3/h8-9,11,14H,4-7,10,12H2,1-3H3,(H,21,22). The molecule has 2 aromatic rings. The molecule has 0 saturated carbocycles. The molecule has 1 aromatic heterocycles. The van der Waals surface area contributed by atoms with Gasteiger partial charge in [-0.05, 0) is 37.0 Å². The maximum atomic E-state index is 10.9. The van der Waals surface area contributed by atoms with Gasteiger partial charge in [-0.15, -0.1) is 0 Å². The van der Waals surface area contributed by atoms with Crippen molar-refractivity contribution >= 4 is 17.0 Å². The van der Waals surface area contributed by atoms with Gasteiger partial charge in [-0.25, -0.2) is 4.98 Å². The number of aryl methyl sites for hydroxylation is 1. The van der Waals surface area contributed by atoms with Crippen LogP contribution in [0.2, 0.25) is 0 Å². The molecule has 0 amide bonds. The Hall–Kier alpha value is -1.84. The van der Waals surface area contributed by atoms with Gasteiger partial charge in [0.15, 0.2) is 0 Å². The van der Waals surface area contributed by atoms with Crippen LogP contribution in [-0.2, 0) is 17.8 Å². The number of carboxylic acids is 1. The molecule has 0 aliphatic carbocycles. The fraction of sp³-hybridized carbons (Fsp3) is 0.556. The van der Waals surface area contributed by atoms with Crippen LogP contribution < -0.4 is 0 Å². The second-order valence-corrected chi connectivity index (χ2v) is 5.88. The normalized spacial score (nSPS) is 11.5. The topological polar surface area (TPSA) is 55.1 Å². The van der Waals surface area contributed by atoms with Crippen molar-refractivity contribution in [2.24, 2.45) is 0 Å². The van der Waals surface area contributed by atoms with Gasteiger partial charge in [0.05, 0.1) is 17.5 Å². The first kappa shape index (κ1) is 16.5. The summed E-state index contributed by atoms with van der Waals surface area (Å²) in [4.78, 5) is 15.7. The average Bonchev–Trinajstić information content (AvgIpc) is 2.83. The molecule has 4 heteroatoms. The number of benzene rings is 1. The van der Waals surface area contributed by atoms with E-state index in [-0.39, 0.29) is 6.42 Å². The van der Waals surface area contributed by atoms with E-state index in [1.807, 2.05) is 18.2 Å². The van der Waals surface area contributed by atoms with Crippen LogP contribution in [0.25, 0.3) is 11.0 Å². The molecule has 0 saturated heterocycles. The highest BCUT2D eigenvalue weighted by atomic mass is 16.4. The number of rotatable bonds is 8. The fourth-order valence-corrected chi connectivity index (χ4v) is 3.00. The molecular formula is C18H26N2O2. The number of aliphatic carboxylic acids is 1. The summed E-state index contributed by atoms with van der Waals surface area (Å²) >= 11 is 0. The minimum atomic E-state index is -0.801. The molecule has 1 N–H and O–H groups in total. The number of carbonyl (C=O) groups is 1. The number of hydrogen-bond donors (Lipinski definition) is 1. The number of nitrogens with zero attached hydrogens (tertiary/aromatic N) is 2. The van der Waals surface area contributed by atoms with Gasteiger partial charge in [-0.3, -0.25) is 4.79 Å². The predicted molar refractivity (Wildman–Crippen MR) is 89.3 cm³/mol. The van der Waals surface area contributed by atoms with E-state index in [2.05, 4.69) is 25.3 Å². The van der Waals surface area contributed by atoms with Crippen molar-refractivity contribution < 1.29 is 9.90 Å². The molecule has 0 aliphatic rings. The van der Waals surface area contributed by atoms with Crippen LogP contribution in [0.3, 0.4) is 0 Å². The molecule has 1 heterocycles. The van der Waals surface area contributed by atoms with Crippen molar-refractivity contribution in [3.8, 4) is 0 Å². The third-order valence-electron chi connectivity index (χ3n) is 4.28. The van der Waals surface area contributed by atoms with E-state index in [9.17, 15) is 4.79 Å². The van der Waals surface area contributed by atoms with E-state index in [1.165, 1.54) is 0 Å². The molecular weight excluding hydrogens is 276 g/mol. The highest BCUT2D eigenvalue weighted by Crippen LogP contribution is 2.28. The lowest BCUT2D eigenvalue weighted by Gasteiger charge is -2.15. The number of hydrogen-bond acceptors (Lipinski definition) is 2. The molecule has 0 aliphatic heterocycles. The lowest BCUT2D eigenvalue weighted by Crippen LogP contribution is -2.08. The van der Waals surface area contributed by atoms with Crippen LogP contribution in [-0.4, -0.2) is 20.6 Å². The fourth-order valence-electron chi connectivity index (χ4n) is 3.00. The first-order valence-electron chi connectivity index (χ1n) is 8.31. The molecule has 1 aromatic carbocycles. The van der Waals surface area contributed by atoms with E-state index < -0.39 is 5.97 Å². The highest BCUT2D eigenvalue weighted by Gasteiger charge is 2.17. The van der Waals surface area contributed by atoms with E-state index >= 15 is 0 Å². The van der Waals surface area contributed by atoms with Crippen molar-refractivity contribution in [2.45, 2.75) is 65.3 Å². The third kappa shape index (κ3) is 3.49. The van der Waals surface area contributed by atoms with Crippen LogP contribution >= 0.6 is 0 Å². The number of imidazole rings is 1. The van der Waals surface area contributed by atoms with E-state index in [0.717, 1.165) is 54.6 Å². The quantitative estimate of drug-likeness (QED) is 0.788. The number of aromatic nitrogens is 2.